The van der Waals surface area contributed by atoms with Gasteiger partial charge in [-0.05, 0) is 73.2 Å². The van der Waals surface area contributed by atoms with Gasteiger partial charge in [-0.15, -0.1) is 0 Å². The second-order valence-corrected chi connectivity index (χ2v) is 7.09. The van der Waals surface area contributed by atoms with E-state index in [1.807, 2.05) is 25.1 Å². The normalized spacial score (nSPS) is 10.1. The molecule has 0 saturated heterocycles. The van der Waals surface area contributed by atoms with Crippen LogP contribution in [0.15, 0.2) is 78.9 Å². The number of amides is 2. The molecule has 6 nitrogen and oxygen atoms in total. The molecular formula is C24H23N3O3S. The lowest BCUT2D eigenvalue weighted by molar-refractivity contribution is 0.0976. The minimum atomic E-state index is -0.328. The minimum Gasteiger partial charge on any atom is -0.494 e. The largest absolute Gasteiger partial charge is 0.494 e. The van der Waals surface area contributed by atoms with E-state index < -0.39 is 0 Å². The van der Waals surface area contributed by atoms with Gasteiger partial charge in [-0.2, -0.15) is 0 Å². The number of benzene rings is 3. The van der Waals surface area contributed by atoms with Gasteiger partial charge in [0.05, 0.1) is 6.61 Å². The van der Waals surface area contributed by atoms with Gasteiger partial charge in [0.1, 0.15) is 5.75 Å². The van der Waals surface area contributed by atoms with Crippen LogP contribution >= 0.6 is 12.2 Å². The lowest BCUT2D eigenvalue weighted by atomic mass is 10.2. The maximum atomic E-state index is 12.4. The van der Waals surface area contributed by atoms with Crippen LogP contribution in [0.1, 0.15) is 34.1 Å². The Morgan fingerprint density at radius 1 is 0.806 bits per heavy atom. The number of nitrogens with one attached hydrogen (secondary N) is 3. The molecule has 3 rings (SSSR count). The summed E-state index contributed by atoms with van der Waals surface area (Å²) in [6, 6.07) is 22.9. The highest BCUT2D eigenvalue weighted by Gasteiger charge is 2.10. The van der Waals surface area contributed by atoms with Gasteiger partial charge in [0, 0.05) is 22.5 Å². The standard InChI is InChI=1S/C24H23N3O3S/c1-2-15-30-21-10-6-9-18(16-21)23(29)27-24(31)26-20-13-11-19(12-14-20)25-22(28)17-7-4-3-5-8-17/h3-14,16H,2,15H2,1H3,(H,25,28)(H2,26,27,29,31). The Morgan fingerprint density at radius 2 is 1.45 bits per heavy atom. The number of anilines is 2. The van der Waals surface area contributed by atoms with E-state index in [1.54, 1.807) is 60.7 Å². The topological polar surface area (TPSA) is 79.5 Å². The average molecular weight is 434 g/mol. The second-order valence-electron chi connectivity index (χ2n) is 6.68. The first-order valence-electron chi connectivity index (χ1n) is 9.87. The van der Waals surface area contributed by atoms with Crippen LogP contribution in [0.2, 0.25) is 0 Å². The average Bonchev–Trinajstić information content (AvgIpc) is 2.79. The highest BCUT2D eigenvalue weighted by atomic mass is 32.1. The summed E-state index contributed by atoms with van der Waals surface area (Å²) in [7, 11) is 0. The molecule has 31 heavy (non-hydrogen) atoms. The predicted octanol–water partition coefficient (Wildman–Crippen LogP) is 4.85. The number of carbonyl (C=O) groups excluding carboxylic acids is 2. The molecule has 0 bridgehead atoms. The molecule has 0 fully saturated rings. The molecule has 0 spiro atoms. The van der Waals surface area contributed by atoms with Crippen molar-refractivity contribution in [3.8, 4) is 5.75 Å². The molecule has 3 N–H and O–H groups in total. The first-order chi connectivity index (χ1) is 15.0. The van der Waals surface area contributed by atoms with Crippen molar-refractivity contribution < 1.29 is 14.3 Å². The zero-order valence-corrected chi connectivity index (χ0v) is 17.9. The monoisotopic (exact) mass is 433 g/mol. The molecule has 0 heterocycles. The summed E-state index contributed by atoms with van der Waals surface area (Å²) < 4.78 is 5.56. The summed E-state index contributed by atoms with van der Waals surface area (Å²) >= 11 is 5.24. The molecule has 3 aromatic carbocycles. The number of rotatable bonds is 7. The Labute approximate surface area is 186 Å². The summed E-state index contributed by atoms with van der Waals surface area (Å²) in [4.78, 5) is 24.7. The van der Waals surface area contributed by atoms with Crippen LogP contribution in [0.25, 0.3) is 0 Å². The van der Waals surface area contributed by atoms with Crippen molar-refractivity contribution in [1.82, 2.24) is 5.32 Å². The molecule has 158 valence electrons. The van der Waals surface area contributed by atoms with Gasteiger partial charge in [-0.25, -0.2) is 0 Å². The van der Waals surface area contributed by atoms with Gasteiger partial charge in [0.25, 0.3) is 11.8 Å². The summed E-state index contributed by atoms with van der Waals surface area (Å²) in [6.07, 6.45) is 0.888. The van der Waals surface area contributed by atoms with E-state index in [-0.39, 0.29) is 16.9 Å². The summed E-state index contributed by atoms with van der Waals surface area (Å²) in [6.45, 7) is 2.61. The van der Waals surface area contributed by atoms with Crippen LogP contribution in [-0.4, -0.2) is 23.5 Å². The van der Waals surface area contributed by atoms with Crippen LogP contribution in [0.3, 0.4) is 0 Å². The van der Waals surface area contributed by atoms with E-state index in [0.29, 0.717) is 34.9 Å². The molecule has 0 aliphatic carbocycles. The smallest absolute Gasteiger partial charge is 0.257 e. The molecular weight excluding hydrogens is 410 g/mol. The lowest BCUT2D eigenvalue weighted by Gasteiger charge is -2.11. The van der Waals surface area contributed by atoms with Crippen molar-refractivity contribution in [3.63, 3.8) is 0 Å². The third-order valence-corrected chi connectivity index (χ3v) is 4.44. The minimum absolute atomic E-state index is 0.172. The van der Waals surface area contributed by atoms with Crippen molar-refractivity contribution in [2.24, 2.45) is 0 Å². The first kappa shape index (κ1) is 22.0. The Bertz CT molecular complexity index is 1050. The molecule has 0 aliphatic rings. The predicted molar refractivity (Wildman–Crippen MR) is 127 cm³/mol. The highest BCUT2D eigenvalue weighted by Crippen LogP contribution is 2.16. The molecule has 0 aliphatic heterocycles. The van der Waals surface area contributed by atoms with Crippen LogP contribution in [0.4, 0.5) is 11.4 Å². The quantitative estimate of drug-likeness (QED) is 0.464. The van der Waals surface area contributed by atoms with Crippen molar-refractivity contribution in [1.29, 1.82) is 0 Å². The van der Waals surface area contributed by atoms with Gasteiger partial charge in [0.2, 0.25) is 0 Å². The number of hydrogen-bond donors (Lipinski definition) is 3. The van der Waals surface area contributed by atoms with Crippen LogP contribution < -0.4 is 20.7 Å². The molecule has 0 unspecified atom stereocenters. The van der Waals surface area contributed by atoms with Crippen LogP contribution in [0.5, 0.6) is 5.75 Å². The highest BCUT2D eigenvalue weighted by molar-refractivity contribution is 7.80. The Kier molecular flexibility index (Phi) is 7.73. The molecule has 0 saturated carbocycles. The van der Waals surface area contributed by atoms with Crippen LogP contribution in [-0.2, 0) is 0 Å². The second kappa shape index (κ2) is 10.9. The fourth-order valence-electron chi connectivity index (χ4n) is 2.71. The fraction of sp³-hybridized carbons (Fsp3) is 0.125. The Hall–Kier alpha value is -3.71. The SMILES string of the molecule is CCCOc1cccc(C(=O)NC(=S)Nc2ccc(NC(=O)c3ccccc3)cc2)c1. The van der Waals surface area contributed by atoms with Crippen molar-refractivity contribution in [2.75, 3.05) is 17.2 Å². The summed E-state index contributed by atoms with van der Waals surface area (Å²) in [5, 5.41) is 8.61. The van der Waals surface area contributed by atoms with E-state index in [1.165, 1.54) is 0 Å². The van der Waals surface area contributed by atoms with Crippen molar-refractivity contribution in [3.05, 3.63) is 90.0 Å². The number of thiocarbonyl (C=S) groups is 1. The molecule has 0 aromatic heterocycles. The van der Waals surface area contributed by atoms with Gasteiger partial charge in [0.15, 0.2) is 5.11 Å². The van der Waals surface area contributed by atoms with Gasteiger partial charge >= 0.3 is 0 Å². The molecule has 2 amide bonds. The fourth-order valence-corrected chi connectivity index (χ4v) is 2.92. The summed E-state index contributed by atoms with van der Waals surface area (Å²) in [5.74, 6) is 0.127. The van der Waals surface area contributed by atoms with E-state index >= 15 is 0 Å². The lowest BCUT2D eigenvalue weighted by Crippen LogP contribution is -2.34. The summed E-state index contributed by atoms with van der Waals surface area (Å²) in [5.41, 5.74) is 2.37. The zero-order chi connectivity index (χ0) is 22.1. The number of carbonyl (C=O) groups is 2. The van der Waals surface area contributed by atoms with E-state index in [4.69, 9.17) is 17.0 Å². The van der Waals surface area contributed by atoms with Gasteiger partial charge in [-0.1, -0.05) is 31.2 Å². The van der Waals surface area contributed by atoms with E-state index in [9.17, 15) is 9.59 Å². The van der Waals surface area contributed by atoms with Crippen molar-refractivity contribution in [2.45, 2.75) is 13.3 Å². The molecule has 3 aromatic rings. The maximum Gasteiger partial charge on any atom is 0.257 e. The third kappa shape index (κ3) is 6.65. The van der Waals surface area contributed by atoms with E-state index in [2.05, 4.69) is 16.0 Å². The maximum absolute atomic E-state index is 12.4. The molecule has 7 heteroatoms. The number of ether oxygens (including phenoxy) is 1. The Balaban J connectivity index is 1.53. The molecule has 0 atom stereocenters. The number of hydrogen-bond acceptors (Lipinski definition) is 4. The van der Waals surface area contributed by atoms with Gasteiger partial charge < -0.3 is 15.4 Å². The van der Waals surface area contributed by atoms with E-state index in [0.717, 1.165) is 6.42 Å². The van der Waals surface area contributed by atoms with Crippen molar-refractivity contribution >= 4 is 40.5 Å². The Morgan fingerprint density at radius 3 is 2.13 bits per heavy atom. The zero-order valence-electron chi connectivity index (χ0n) is 17.1. The first-order valence-corrected chi connectivity index (χ1v) is 10.3. The van der Waals surface area contributed by atoms with Crippen LogP contribution in [0, 0.1) is 0 Å². The van der Waals surface area contributed by atoms with Gasteiger partial charge in [-0.3, -0.25) is 14.9 Å². The molecule has 0 radical (unpaired) electrons. The third-order valence-electron chi connectivity index (χ3n) is 4.23.